The first-order valence-electron chi connectivity index (χ1n) is 4.72. The van der Waals surface area contributed by atoms with Gasteiger partial charge in [0.15, 0.2) is 5.58 Å². The normalized spacial score (nSPS) is 11.4. The van der Waals surface area contributed by atoms with Crippen LogP contribution in [0.15, 0.2) is 27.4 Å². The summed E-state index contributed by atoms with van der Waals surface area (Å²) in [7, 11) is 0. The van der Waals surface area contributed by atoms with Gasteiger partial charge in [0.2, 0.25) is 0 Å². The average Bonchev–Trinajstić information content (AvgIpc) is 2.42. The Morgan fingerprint density at radius 1 is 1.36 bits per heavy atom. The highest BCUT2D eigenvalue weighted by Gasteiger charge is 2.12. The van der Waals surface area contributed by atoms with Crippen LogP contribution >= 0.6 is 0 Å². The SMILES string of the molecule is Cc1cccc2c1oc(=O)n2C(C)C. The highest BCUT2D eigenvalue weighted by atomic mass is 16.4. The molecule has 0 N–H and O–H groups in total. The lowest BCUT2D eigenvalue weighted by atomic mass is 10.2. The summed E-state index contributed by atoms with van der Waals surface area (Å²) in [5.74, 6) is -0.274. The van der Waals surface area contributed by atoms with Crippen molar-refractivity contribution in [1.82, 2.24) is 4.57 Å². The molecule has 0 fully saturated rings. The van der Waals surface area contributed by atoms with Gasteiger partial charge in [0.25, 0.3) is 0 Å². The number of hydrogen-bond acceptors (Lipinski definition) is 2. The van der Waals surface area contributed by atoms with Gasteiger partial charge in [0.05, 0.1) is 5.52 Å². The second kappa shape index (κ2) is 3.01. The second-order valence-electron chi connectivity index (χ2n) is 3.75. The van der Waals surface area contributed by atoms with Crippen LogP contribution in [0.4, 0.5) is 0 Å². The standard InChI is InChI=1S/C11H13NO2/c1-7(2)12-9-6-4-5-8(3)10(9)14-11(12)13/h4-7H,1-3H3. The molecule has 0 bridgehead atoms. The van der Waals surface area contributed by atoms with Crippen molar-refractivity contribution in [2.75, 3.05) is 0 Å². The molecule has 1 heterocycles. The monoisotopic (exact) mass is 191 g/mol. The number of nitrogens with zero attached hydrogens (tertiary/aromatic N) is 1. The minimum Gasteiger partial charge on any atom is -0.407 e. The van der Waals surface area contributed by atoms with E-state index in [2.05, 4.69) is 0 Å². The molecule has 0 atom stereocenters. The smallest absolute Gasteiger partial charge is 0.407 e. The predicted molar refractivity (Wildman–Crippen MR) is 55.6 cm³/mol. The summed E-state index contributed by atoms with van der Waals surface area (Å²) >= 11 is 0. The van der Waals surface area contributed by atoms with Gasteiger partial charge in [-0.3, -0.25) is 4.57 Å². The Kier molecular flexibility index (Phi) is 1.95. The summed E-state index contributed by atoms with van der Waals surface area (Å²) in [6, 6.07) is 5.92. The third-order valence-electron chi connectivity index (χ3n) is 2.35. The minimum absolute atomic E-state index is 0.130. The van der Waals surface area contributed by atoms with Crippen LogP contribution in [-0.4, -0.2) is 4.57 Å². The molecule has 3 nitrogen and oxygen atoms in total. The molecule has 0 amide bonds. The van der Waals surface area contributed by atoms with E-state index in [9.17, 15) is 4.79 Å². The molecule has 2 rings (SSSR count). The lowest BCUT2D eigenvalue weighted by Gasteiger charge is -2.04. The fourth-order valence-corrected chi connectivity index (χ4v) is 1.68. The first kappa shape index (κ1) is 9.06. The van der Waals surface area contributed by atoms with Crippen molar-refractivity contribution in [3.63, 3.8) is 0 Å². The van der Waals surface area contributed by atoms with Gasteiger partial charge < -0.3 is 4.42 Å². The van der Waals surface area contributed by atoms with E-state index in [1.54, 1.807) is 4.57 Å². The Balaban J connectivity index is 2.91. The van der Waals surface area contributed by atoms with Gasteiger partial charge in [-0.15, -0.1) is 0 Å². The molecule has 0 spiro atoms. The third kappa shape index (κ3) is 1.16. The van der Waals surface area contributed by atoms with Crippen molar-refractivity contribution in [2.45, 2.75) is 26.8 Å². The minimum atomic E-state index is -0.274. The summed E-state index contributed by atoms with van der Waals surface area (Å²) in [6.07, 6.45) is 0. The van der Waals surface area contributed by atoms with E-state index in [1.807, 2.05) is 39.0 Å². The Labute approximate surface area is 82.0 Å². The van der Waals surface area contributed by atoms with Crippen molar-refractivity contribution in [1.29, 1.82) is 0 Å². The zero-order valence-corrected chi connectivity index (χ0v) is 8.57. The fourth-order valence-electron chi connectivity index (χ4n) is 1.68. The number of para-hydroxylation sites is 1. The molecular formula is C11H13NO2. The topological polar surface area (TPSA) is 35.1 Å². The van der Waals surface area contributed by atoms with Crippen LogP contribution < -0.4 is 5.76 Å². The maximum Gasteiger partial charge on any atom is 0.420 e. The highest BCUT2D eigenvalue weighted by Crippen LogP contribution is 2.19. The van der Waals surface area contributed by atoms with Crippen molar-refractivity contribution in [3.8, 4) is 0 Å². The summed E-state index contributed by atoms with van der Waals surface area (Å²) in [5, 5.41) is 0. The largest absolute Gasteiger partial charge is 0.420 e. The molecule has 0 saturated heterocycles. The molecule has 14 heavy (non-hydrogen) atoms. The Morgan fingerprint density at radius 3 is 2.71 bits per heavy atom. The molecular weight excluding hydrogens is 178 g/mol. The Hall–Kier alpha value is -1.51. The van der Waals surface area contributed by atoms with E-state index in [-0.39, 0.29) is 11.8 Å². The molecule has 0 unspecified atom stereocenters. The summed E-state index contributed by atoms with van der Waals surface area (Å²) in [5.41, 5.74) is 2.58. The number of aryl methyl sites for hydroxylation is 1. The number of fused-ring (bicyclic) bond motifs is 1. The molecule has 74 valence electrons. The molecule has 1 aromatic heterocycles. The van der Waals surface area contributed by atoms with E-state index in [0.717, 1.165) is 11.1 Å². The zero-order chi connectivity index (χ0) is 10.3. The van der Waals surface area contributed by atoms with Crippen molar-refractivity contribution in [2.24, 2.45) is 0 Å². The maximum absolute atomic E-state index is 11.5. The van der Waals surface area contributed by atoms with Crippen LogP contribution in [0, 0.1) is 6.92 Å². The molecule has 2 aromatic rings. The molecule has 1 aromatic carbocycles. The van der Waals surface area contributed by atoms with Gasteiger partial charge in [-0.2, -0.15) is 0 Å². The van der Waals surface area contributed by atoms with Gasteiger partial charge in [-0.1, -0.05) is 12.1 Å². The predicted octanol–water partition coefficient (Wildman–Crippen LogP) is 2.48. The first-order chi connectivity index (χ1) is 6.61. The van der Waals surface area contributed by atoms with Crippen molar-refractivity contribution >= 4 is 11.1 Å². The number of benzene rings is 1. The lowest BCUT2D eigenvalue weighted by Crippen LogP contribution is -2.15. The van der Waals surface area contributed by atoms with Crippen molar-refractivity contribution < 1.29 is 4.42 Å². The molecule has 0 aliphatic carbocycles. The number of hydrogen-bond donors (Lipinski definition) is 0. The molecule has 0 aliphatic rings. The molecule has 3 heteroatoms. The average molecular weight is 191 g/mol. The second-order valence-corrected chi connectivity index (χ2v) is 3.75. The Morgan fingerprint density at radius 2 is 2.07 bits per heavy atom. The van der Waals surface area contributed by atoms with E-state index in [0.29, 0.717) is 5.58 Å². The van der Waals surface area contributed by atoms with Crippen LogP contribution in [0.5, 0.6) is 0 Å². The van der Waals surface area contributed by atoms with Gasteiger partial charge in [0.1, 0.15) is 0 Å². The van der Waals surface area contributed by atoms with Crippen LogP contribution in [0.1, 0.15) is 25.5 Å². The quantitative estimate of drug-likeness (QED) is 0.694. The van der Waals surface area contributed by atoms with Crippen molar-refractivity contribution in [3.05, 3.63) is 34.3 Å². The van der Waals surface area contributed by atoms with E-state index >= 15 is 0 Å². The number of rotatable bonds is 1. The van der Waals surface area contributed by atoms with Crippen LogP contribution in [-0.2, 0) is 0 Å². The van der Waals surface area contributed by atoms with E-state index in [1.165, 1.54) is 0 Å². The van der Waals surface area contributed by atoms with E-state index in [4.69, 9.17) is 4.42 Å². The van der Waals surface area contributed by atoms with Gasteiger partial charge in [-0.25, -0.2) is 4.79 Å². The van der Waals surface area contributed by atoms with Gasteiger partial charge in [-0.05, 0) is 32.4 Å². The Bertz CT molecular complexity index is 520. The van der Waals surface area contributed by atoms with Gasteiger partial charge in [0, 0.05) is 6.04 Å². The molecule has 0 radical (unpaired) electrons. The maximum atomic E-state index is 11.5. The van der Waals surface area contributed by atoms with Crippen LogP contribution in [0.3, 0.4) is 0 Å². The number of aromatic nitrogens is 1. The third-order valence-corrected chi connectivity index (χ3v) is 2.35. The fraction of sp³-hybridized carbons (Fsp3) is 0.364. The molecule has 0 saturated carbocycles. The highest BCUT2D eigenvalue weighted by molar-refractivity contribution is 5.76. The zero-order valence-electron chi connectivity index (χ0n) is 8.57. The summed E-state index contributed by atoms with van der Waals surface area (Å²) < 4.78 is 6.87. The summed E-state index contributed by atoms with van der Waals surface area (Å²) in [6.45, 7) is 5.88. The van der Waals surface area contributed by atoms with Crippen LogP contribution in [0.25, 0.3) is 11.1 Å². The first-order valence-corrected chi connectivity index (χ1v) is 4.72. The van der Waals surface area contributed by atoms with Gasteiger partial charge >= 0.3 is 5.76 Å². The number of oxazole rings is 1. The lowest BCUT2D eigenvalue weighted by molar-refractivity contribution is 0.477. The molecule has 0 aliphatic heterocycles. The van der Waals surface area contributed by atoms with Crippen LogP contribution in [0.2, 0.25) is 0 Å². The van der Waals surface area contributed by atoms with E-state index < -0.39 is 0 Å². The summed E-state index contributed by atoms with van der Waals surface area (Å²) in [4.78, 5) is 11.5.